The fraction of sp³-hybridized carbons (Fsp3) is 0.389. The summed E-state index contributed by atoms with van der Waals surface area (Å²) < 4.78 is 0. The van der Waals surface area contributed by atoms with Gasteiger partial charge in [-0.3, -0.25) is 9.69 Å². The Morgan fingerprint density at radius 1 is 1.46 bits per heavy atom. The van der Waals surface area contributed by atoms with Crippen LogP contribution in [0.1, 0.15) is 31.4 Å². The molecule has 3 heterocycles. The molecule has 0 atom stereocenters. The number of hydrogen-bond donors (Lipinski definition) is 2. The highest BCUT2D eigenvalue weighted by atomic mass is 32.2. The van der Waals surface area contributed by atoms with Crippen molar-refractivity contribution >= 4 is 29.1 Å². The van der Waals surface area contributed by atoms with E-state index in [2.05, 4.69) is 16.0 Å². The van der Waals surface area contributed by atoms with Crippen LogP contribution in [0.25, 0.3) is 0 Å². The minimum atomic E-state index is 0.171. The zero-order chi connectivity index (χ0) is 17.3. The highest BCUT2D eigenvalue weighted by molar-refractivity contribution is 8.03. The maximum atomic E-state index is 11.8. The summed E-state index contributed by atoms with van der Waals surface area (Å²) in [5.41, 5.74) is 10.2. The van der Waals surface area contributed by atoms with Gasteiger partial charge in [-0.15, -0.1) is 11.8 Å². The van der Waals surface area contributed by atoms with E-state index in [4.69, 9.17) is 11.1 Å². The van der Waals surface area contributed by atoms with Crippen LogP contribution in [0.4, 0.5) is 5.82 Å². The number of carbonyl (C=O) groups excluding carboxylic acids is 1. The Hall–Kier alpha value is -1.92. The van der Waals surface area contributed by atoms with Crippen LogP contribution in [0.15, 0.2) is 34.4 Å². The number of carbonyl (C=O) groups is 1. The summed E-state index contributed by atoms with van der Waals surface area (Å²) in [5.74, 6) is 1.46. The zero-order valence-electron chi connectivity index (χ0n) is 14.1. The maximum Gasteiger partial charge on any atom is 0.159 e. The van der Waals surface area contributed by atoms with Crippen LogP contribution in [-0.2, 0) is 11.3 Å². The second-order valence-corrected chi connectivity index (χ2v) is 7.36. The summed E-state index contributed by atoms with van der Waals surface area (Å²) >= 11 is 1.83. The predicted molar refractivity (Wildman–Crippen MR) is 99.3 cm³/mol. The summed E-state index contributed by atoms with van der Waals surface area (Å²) in [6, 6.07) is 1.96. The van der Waals surface area contributed by atoms with Gasteiger partial charge in [0, 0.05) is 53.3 Å². The van der Waals surface area contributed by atoms with Crippen molar-refractivity contribution in [3.8, 4) is 0 Å². The molecule has 0 amide bonds. The van der Waals surface area contributed by atoms with Gasteiger partial charge < -0.3 is 11.1 Å². The number of anilines is 1. The Labute approximate surface area is 146 Å². The summed E-state index contributed by atoms with van der Waals surface area (Å²) in [4.78, 5) is 19.7. The lowest BCUT2D eigenvalue weighted by atomic mass is 9.95. The lowest BCUT2D eigenvalue weighted by Crippen LogP contribution is -2.32. The molecule has 0 radical (unpaired) electrons. The first-order valence-corrected chi connectivity index (χ1v) is 9.03. The molecule has 126 valence electrons. The van der Waals surface area contributed by atoms with E-state index in [-0.39, 0.29) is 5.78 Å². The van der Waals surface area contributed by atoms with Gasteiger partial charge in [0.1, 0.15) is 5.82 Å². The van der Waals surface area contributed by atoms with E-state index in [9.17, 15) is 4.79 Å². The Kier molecular flexibility index (Phi) is 4.87. The molecule has 0 aromatic carbocycles. The number of nitrogens with one attached hydrogen (secondary N) is 1. The highest BCUT2D eigenvalue weighted by Crippen LogP contribution is 2.36. The van der Waals surface area contributed by atoms with Gasteiger partial charge in [-0.1, -0.05) is 6.08 Å². The van der Waals surface area contributed by atoms with Gasteiger partial charge in [0.25, 0.3) is 0 Å². The Balaban J connectivity index is 1.76. The number of thioether (sulfide) groups is 1. The quantitative estimate of drug-likeness (QED) is 0.822. The maximum absolute atomic E-state index is 11.8. The van der Waals surface area contributed by atoms with E-state index >= 15 is 0 Å². The van der Waals surface area contributed by atoms with Crippen LogP contribution >= 0.6 is 11.8 Å². The first kappa shape index (κ1) is 16.9. The van der Waals surface area contributed by atoms with Crippen molar-refractivity contribution in [3.63, 3.8) is 0 Å². The number of pyridine rings is 1. The lowest BCUT2D eigenvalue weighted by molar-refractivity contribution is -0.113. The van der Waals surface area contributed by atoms with Gasteiger partial charge in [0.15, 0.2) is 5.78 Å². The van der Waals surface area contributed by atoms with Gasteiger partial charge >= 0.3 is 0 Å². The Morgan fingerprint density at radius 2 is 2.25 bits per heavy atom. The molecule has 0 fully saturated rings. The van der Waals surface area contributed by atoms with Crippen molar-refractivity contribution in [1.82, 2.24) is 9.88 Å². The predicted octanol–water partition coefficient (Wildman–Crippen LogP) is 2.77. The smallest absolute Gasteiger partial charge is 0.159 e. The van der Waals surface area contributed by atoms with Crippen LogP contribution in [0.2, 0.25) is 0 Å². The SMILES string of the molecule is CC(=N)c1cc(CN2CCC3=C(C2)SCC=C3C(C)=O)cnc1N. The van der Waals surface area contributed by atoms with E-state index in [1.165, 1.54) is 10.5 Å². The van der Waals surface area contributed by atoms with E-state index in [0.717, 1.165) is 42.9 Å². The third-order valence-corrected chi connectivity index (χ3v) is 5.47. The normalized spacial score (nSPS) is 18.2. The molecule has 3 N–H and O–H groups in total. The van der Waals surface area contributed by atoms with E-state index < -0.39 is 0 Å². The molecule has 24 heavy (non-hydrogen) atoms. The van der Waals surface area contributed by atoms with Gasteiger partial charge in [-0.2, -0.15) is 0 Å². The van der Waals surface area contributed by atoms with Crippen molar-refractivity contribution in [2.75, 3.05) is 24.6 Å². The standard InChI is InChI=1S/C18H22N4OS/c1-11(19)16-7-13(8-21-18(16)20)9-22-5-3-15-14(12(2)23)4-6-24-17(15)10-22/h4,7-8,19H,3,5-6,9-10H2,1-2H3,(H2,20,21). The monoisotopic (exact) mass is 342 g/mol. The number of Topliss-reactive ketones (excluding diaryl/α,β-unsaturated/α-hetero) is 1. The molecule has 0 aliphatic carbocycles. The van der Waals surface area contributed by atoms with Gasteiger partial charge in [0.2, 0.25) is 0 Å². The van der Waals surface area contributed by atoms with E-state index in [1.807, 2.05) is 17.8 Å². The molecule has 2 aliphatic rings. The Bertz CT molecular complexity index is 766. The van der Waals surface area contributed by atoms with Crippen LogP contribution < -0.4 is 5.73 Å². The molecular weight excluding hydrogens is 320 g/mol. The van der Waals surface area contributed by atoms with Crippen LogP contribution in [0, 0.1) is 5.41 Å². The van der Waals surface area contributed by atoms with Crippen molar-refractivity contribution in [3.05, 3.63) is 45.5 Å². The molecule has 0 bridgehead atoms. The molecule has 6 heteroatoms. The zero-order valence-corrected chi connectivity index (χ0v) is 14.9. The molecule has 2 aliphatic heterocycles. The molecule has 3 rings (SSSR count). The van der Waals surface area contributed by atoms with Crippen molar-refractivity contribution in [2.24, 2.45) is 0 Å². The summed E-state index contributed by atoms with van der Waals surface area (Å²) in [6.07, 6.45) is 4.76. The van der Waals surface area contributed by atoms with E-state index in [0.29, 0.717) is 17.1 Å². The molecule has 1 aromatic rings. The van der Waals surface area contributed by atoms with Gasteiger partial charge in [0.05, 0.1) is 0 Å². The first-order valence-electron chi connectivity index (χ1n) is 8.04. The number of nitrogen functional groups attached to an aromatic ring is 1. The average molecular weight is 342 g/mol. The third-order valence-electron chi connectivity index (χ3n) is 4.42. The van der Waals surface area contributed by atoms with Crippen LogP contribution in [0.3, 0.4) is 0 Å². The largest absolute Gasteiger partial charge is 0.383 e. The number of aromatic nitrogens is 1. The second-order valence-electron chi connectivity index (χ2n) is 6.25. The minimum Gasteiger partial charge on any atom is -0.383 e. The minimum absolute atomic E-state index is 0.171. The van der Waals surface area contributed by atoms with Gasteiger partial charge in [-0.25, -0.2) is 4.98 Å². The third kappa shape index (κ3) is 3.44. The topological polar surface area (TPSA) is 83.1 Å². The van der Waals surface area contributed by atoms with Gasteiger partial charge in [-0.05, 0) is 37.5 Å². The number of nitrogens with two attached hydrogens (primary N) is 1. The van der Waals surface area contributed by atoms with Crippen LogP contribution in [-0.4, -0.2) is 40.2 Å². The molecule has 0 spiro atoms. The van der Waals surface area contributed by atoms with E-state index in [1.54, 1.807) is 20.0 Å². The molecule has 0 saturated heterocycles. The number of hydrogen-bond acceptors (Lipinski definition) is 6. The number of allylic oxidation sites excluding steroid dienone is 1. The van der Waals surface area contributed by atoms with Crippen molar-refractivity contribution < 1.29 is 4.79 Å². The second kappa shape index (κ2) is 6.91. The molecule has 0 unspecified atom stereocenters. The molecule has 1 aromatic heterocycles. The van der Waals surface area contributed by atoms with Crippen molar-refractivity contribution in [1.29, 1.82) is 5.41 Å². The number of ketones is 1. The number of nitrogens with zero attached hydrogens (tertiary/aromatic N) is 2. The molecular formula is C18H22N4OS. The summed E-state index contributed by atoms with van der Waals surface area (Å²) in [5, 5.41) is 7.79. The average Bonchev–Trinajstić information content (AvgIpc) is 2.55. The Morgan fingerprint density at radius 3 is 2.96 bits per heavy atom. The van der Waals surface area contributed by atoms with Crippen molar-refractivity contribution in [2.45, 2.75) is 26.8 Å². The molecule has 5 nitrogen and oxygen atoms in total. The molecule has 0 saturated carbocycles. The highest BCUT2D eigenvalue weighted by Gasteiger charge is 2.25. The van der Waals surface area contributed by atoms with Crippen LogP contribution in [0.5, 0.6) is 0 Å². The fourth-order valence-corrected chi connectivity index (χ4v) is 4.32. The summed E-state index contributed by atoms with van der Waals surface area (Å²) in [7, 11) is 0. The number of rotatable bonds is 4. The first-order chi connectivity index (χ1) is 11.5. The lowest BCUT2D eigenvalue weighted by Gasteiger charge is -2.32. The fourth-order valence-electron chi connectivity index (χ4n) is 3.21. The summed E-state index contributed by atoms with van der Waals surface area (Å²) in [6.45, 7) is 5.95.